The van der Waals surface area contributed by atoms with E-state index in [1.54, 1.807) is 6.07 Å². The highest BCUT2D eigenvalue weighted by Crippen LogP contribution is 2.16. The number of aryl methyl sites for hydroxylation is 3. The average Bonchev–Trinajstić information content (AvgIpc) is 2.98. The molecule has 0 saturated heterocycles. The van der Waals surface area contributed by atoms with Gasteiger partial charge >= 0.3 is 5.97 Å². The number of nitrogens with zero attached hydrogens (tertiary/aromatic N) is 1. The van der Waals surface area contributed by atoms with E-state index in [-0.39, 0.29) is 12.4 Å². The standard InChI is InChI=1S/C24H25NO3/c1-17-15-22(18(2)25(17)3)23(26)16-28-24(27)21-12-8-7-11-20(21)14-13-19-9-5-4-6-10-19/h4-12,15H,13-14,16H2,1-3H3. The predicted octanol–water partition coefficient (Wildman–Crippen LogP) is 4.47. The molecule has 4 nitrogen and oxygen atoms in total. The van der Waals surface area contributed by atoms with Gasteiger partial charge in [0.2, 0.25) is 5.78 Å². The molecule has 4 heteroatoms. The van der Waals surface area contributed by atoms with Gasteiger partial charge in [-0.3, -0.25) is 4.79 Å². The van der Waals surface area contributed by atoms with Crippen molar-refractivity contribution < 1.29 is 14.3 Å². The summed E-state index contributed by atoms with van der Waals surface area (Å²) in [6.07, 6.45) is 1.58. The van der Waals surface area contributed by atoms with E-state index in [2.05, 4.69) is 12.1 Å². The molecule has 0 spiro atoms. The molecule has 0 atom stereocenters. The Hall–Kier alpha value is -3.14. The van der Waals surface area contributed by atoms with E-state index in [4.69, 9.17) is 4.74 Å². The van der Waals surface area contributed by atoms with Crippen LogP contribution in [0, 0.1) is 13.8 Å². The summed E-state index contributed by atoms with van der Waals surface area (Å²) in [6.45, 7) is 3.58. The van der Waals surface area contributed by atoms with Gasteiger partial charge in [-0.2, -0.15) is 0 Å². The van der Waals surface area contributed by atoms with Crippen LogP contribution in [0.4, 0.5) is 0 Å². The molecule has 0 N–H and O–H groups in total. The molecule has 1 aromatic heterocycles. The first-order valence-electron chi connectivity index (χ1n) is 9.42. The molecule has 2 aromatic carbocycles. The highest BCUT2D eigenvalue weighted by molar-refractivity contribution is 6.00. The van der Waals surface area contributed by atoms with Crippen LogP contribution in [0.25, 0.3) is 0 Å². The molecule has 144 valence electrons. The van der Waals surface area contributed by atoms with E-state index in [0.29, 0.717) is 11.1 Å². The molecule has 1 heterocycles. The van der Waals surface area contributed by atoms with Crippen molar-refractivity contribution in [2.24, 2.45) is 7.05 Å². The quantitative estimate of drug-likeness (QED) is 0.452. The lowest BCUT2D eigenvalue weighted by Gasteiger charge is -2.10. The minimum atomic E-state index is -0.456. The molecule has 0 radical (unpaired) electrons. The Balaban J connectivity index is 1.66. The fourth-order valence-corrected chi connectivity index (χ4v) is 3.29. The number of hydrogen-bond donors (Lipinski definition) is 0. The van der Waals surface area contributed by atoms with E-state index in [1.807, 2.05) is 67.9 Å². The van der Waals surface area contributed by atoms with Crippen LogP contribution >= 0.6 is 0 Å². The van der Waals surface area contributed by atoms with Gasteiger partial charge in [-0.1, -0.05) is 48.5 Å². The third-order valence-electron chi connectivity index (χ3n) is 5.17. The summed E-state index contributed by atoms with van der Waals surface area (Å²) in [6, 6.07) is 19.4. The Morgan fingerprint density at radius 2 is 1.57 bits per heavy atom. The number of esters is 1. The van der Waals surface area contributed by atoms with Crippen molar-refractivity contribution in [1.82, 2.24) is 4.57 Å². The van der Waals surface area contributed by atoms with Crippen molar-refractivity contribution in [3.63, 3.8) is 0 Å². The molecule has 0 aliphatic carbocycles. The number of carbonyl (C=O) groups is 2. The summed E-state index contributed by atoms with van der Waals surface area (Å²) in [7, 11) is 1.91. The summed E-state index contributed by atoms with van der Waals surface area (Å²) in [5.41, 5.74) is 5.14. The number of carbonyl (C=O) groups excluding carboxylic acids is 2. The van der Waals surface area contributed by atoms with Crippen LogP contribution in [-0.4, -0.2) is 22.9 Å². The number of ketones is 1. The van der Waals surface area contributed by atoms with Crippen LogP contribution in [-0.2, 0) is 24.6 Å². The lowest BCUT2D eigenvalue weighted by Crippen LogP contribution is -2.16. The maximum Gasteiger partial charge on any atom is 0.338 e. The van der Waals surface area contributed by atoms with Gasteiger partial charge in [-0.25, -0.2) is 4.79 Å². The van der Waals surface area contributed by atoms with Gasteiger partial charge in [0.15, 0.2) is 6.61 Å². The second-order valence-electron chi connectivity index (χ2n) is 6.99. The van der Waals surface area contributed by atoms with Gasteiger partial charge in [-0.15, -0.1) is 0 Å². The van der Waals surface area contributed by atoms with Crippen molar-refractivity contribution >= 4 is 11.8 Å². The molecular formula is C24H25NO3. The summed E-state index contributed by atoms with van der Waals surface area (Å²) in [4.78, 5) is 25.1. The third kappa shape index (κ3) is 4.39. The van der Waals surface area contributed by atoms with Crippen molar-refractivity contribution in [1.29, 1.82) is 0 Å². The van der Waals surface area contributed by atoms with Gasteiger partial charge in [-0.05, 0) is 49.9 Å². The SMILES string of the molecule is Cc1cc(C(=O)COC(=O)c2ccccc2CCc2ccccc2)c(C)n1C. The average molecular weight is 375 g/mol. The number of benzene rings is 2. The van der Waals surface area contributed by atoms with E-state index < -0.39 is 5.97 Å². The van der Waals surface area contributed by atoms with Crippen molar-refractivity contribution in [2.45, 2.75) is 26.7 Å². The highest BCUT2D eigenvalue weighted by atomic mass is 16.5. The number of aromatic nitrogens is 1. The number of hydrogen-bond acceptors (Lipinski definition) is 3. The van der Waals surface area contributed by atoms with Crippen molar-refractivity contribution in [2.75, 3.05) is 6.61 Å². The van der Waals surface area contributed by atoms with E-state index in [1.165, 1.54) is 5.56 Å². The van der Waals surface area contributed by atoms with Crippen molar-refractivity contribution in [3.8, 4) is 0 Å². The lowest BCUT2D eigenvalue weighted by molar-refractivity contribution is 0.0473. The number of rotatable bonds is 7. The van der Waals surface area contributed by atoms with Crippen LogP contribution < -0.4 is 0 Å². The van der Waals surface area contributed by atoms with Crippen molar-refractivity contribution in [3.05, 3.63) is 94.3 Å². The van der Waals surface area contributed by atoms with Crippen LogP contribution in [0.3, 0.4) is 0 Å². The number of ether oxygens (including phenoxy) is 1. The second kappa shape index (κ2) is 8.70. The number of Topliss-reactive ketones (excluding diaryl/α,β-unsaturated/α-hetero) is 1. The monoisotopic (exact) mass is 375 g/mol. The summed E-state index contributed by atoms with van der Waals surface area (Å²) < 4.78 is 7.30. The van der Waals surface area contributed by atoms with Crippen LogP contribution in [0.2, 0.25) is 0 Å². The minimum Gasteiger partial charge on any atom is -0.454 e. The summed E-state index contributed by atoms with van der Waals surface area (Å²) in [5.74, 6) is -0.640. The molecule has 0 fully saturated rings. The van der Waals surface area contributed by atoms with E-state index in [0.717, 1.165) is 29.8 Å². The first kappa shape index (κ1) is 19.6. The summed E-state index contributed by atoms with van der Waals surface area (Å²) in [5, 5.41) is 0. The topological polar surface area (TPSA) is 48.3 Å². The molecule has 0 aliphatic rings. The zero-order chi connectivity index (χ0) is 20.1. The molecule has 0 aliphatic heterocycles. The molecule has 3 rings (SSSR count). The normalized spacial score (nSPS) is 10.7. The van der Waals surface area contributed by atoms with Crippen LogP contribution in [0.1, 0.15) is 43.2 Å². The van der Waals surface area contributed by atoms with E-state index >= 15 is 0 Å². The molecule has 0 saturated carbocycles. The third-order valence-corrected chi connectivity index (χ3v) is 5.17. The Bertz CT molecular complexity index is 986. The highest BCUT2D eigenvalue weighted by Gasteiger charge is 2.18. The lowest BCUT2D eigenvalue weighted by atomic mass is 10.00. The Morgan fingerprint density at radius 3 is 2.25 bits per heavy atom. The Morgan fingerprint density at radius 1 is 0.893 bits per heavy atom. The van der Waals surface area contributed by atoms with Crippen LogP contribution in [0.5, 0.6) is 0 Å². The first-order valence-corrected chi connectivity index (χ1v) is 9.42. The van der Waals surface area contributed by atoms with Gasteiger partial charge in [0.05, 0.1) is 5.56 Å². The van der Waals surface area contributed by atoms with Gasteiger partial charge < -0.3 is 9.30 Å². The molecule has 0 unspecified atom stereocenters. The maximum absolute atomic E-state index is 12.6. The molecule has 28 heavy (non-hydrogen) atoms. The Labute approximate surface area is 165 Å². The molecule has 0 bridgehead atoms. The molecular weight excluding hydrogens is 350 g/mol. The van der Waals surface area contributed by atoms with Crippen LogP contribution in [0.15, 0.2) is 60.7 Å². The van der Waals surface area contributed by atoms with E-state index in [9.17, 15) is 9.59 Å². The molecule has 0 amide bonds. The zero-order valence-electron chi connectivity index (χ0n) is 16.6. The maximum atomic E-state index is 12.6. The first-order chi connectivity index (χ1) is 13.5. The van der Waals surface area contributed by atoms with Gasteiger partial charge in [0.25, 0.3) is 0 Å². The molecule has 3 aromatic rings. The van der Waals surface area contributed by atoms with Gasteiger partial charge in [0.1, 0.15) is 0 Å². The predicted molar refractivity (Wildman–Crippen MR) is 110 cm³/mol. The smallest absolute Gasteiger partial charge is 0.338 e. The largest absolute Gasteiger partial charge is 0.454 e. The fourth-order valence-electron chi connectivity index (χ4n) is 3.29. The fraction of sp³-hybridized carbons (Fsp3) is 0.250. The minimum absolute atomic E-state index is 0.184. The Kier molecular flexibility index (Phi) is 6.09. The van der Waals surface area contributed by atoms with Gasteiger partial charge in [0, 0.05) is 24.0 Å². The second-order valence-corrected chi connectivity index (χ2v) is 6.99. The zero-order valence-corrected chi connectivity index (χ0v) is 16.6. The summed E-state index contributed by atoms with van der Waals surface area (Å²) >= 11 is 0.